The van der Waals surface area contributed by atoms with Gasteiger partial charge in [0.05, 0.1) is 25.5 Å². The number of carbonyl (C=O) groups excluding carboxylic acids is 2. The fourth-order valence-corrected chi connectivity index (χ4v) is 1.92. The number of aromatic nitrogens is 1. The van der Waals surface area contributed by atoms with E-state index in [0.717, 1.165) is 5.56 Å². The molecule has 2 aromatic rings. The van der Waals surface area contributed by atoms with Crippen LogP contribution >= 0.6 is 0 Å². The molecule has 0 saturated carbocycles. The van der Waals surface area contributed by atoms with Crippen LogP contribution in [0.3, 0.4) is 0 Å². The SMILES string of the molecule is COC(=O)c1ccc(C(=O)Nc2c(C)cccc2OC)nc1. The quantitative estimate of drug-likeness (QED) is 0.877. The molecule has 6 nitrogen and oxygen atoms in total. The molecular formula is C16H16N2O4. The van der Waals surface area contributed by atoms with Crippen molar-refractivity contribution < 1.29 is 19.1 Å². The maximum atomic E-state index is 12.2. The number of rotatable bonds is 4. The summed E-state index contributed by atoms with van der Waals surface area (Å²) >= 11 is 0. The molecule has 0 radical (unpaired) electrons. The van der Waals surface area contributed by atoms with E-state index in [1.807, 2.05) is 19.1 Å². The lowest BCUT2D eigenvalue weighted by Gasteiger charge is -2.12. The van der Waals surface area contributed by atoms with E-state index in [1.165, 1.54) is 32.5 Å². The van der Waals surface area contributed by atoms with Crippen LogP contribution in [0.15, 0.2) is 36.5 Å². The standard InChI is InChI=1S/C16H16N2O4/c1-10-5-4-6-13(21-2)14(10)18-15(19)12-8-7-11(9-17-12)16(20)22-3/h4-9H,1-3H3,(H,18,19). The minimum absolute atomic E-state index is 0.193. The number of amides is 1. The summed E-state index contributed by atoms with van der Waals surface area (Å²) in [6, 6.07) is 8.42. The number of methoxy groups -OCH3 is 2. The molecule has 114 valence electrons. The van der Waals surface area contributed by atoms with Crippen LogP contribution in [0.4, 0.5) is 5.69 Å². The largest absolute Gasteiger partial charge is 0.495 e. The molecule has 0 aliphatic rings. The van der Waals surface area contributed by atoms with Crippen molar-refractivity contribution >= 4 is 17.6 Å². The highest BCUT2D eigenvalue weighted by Crippen LogP contribution is 2.27. The number of anilines is 1. The summed E-state index contributed by atoms with van der Waals surface area (Å²) in [6.45, 7) is 1.87. The van der Waals surface area contributed by atoms with Crippen molar-refractivity contribution in [1.82, 2.24) is 4.98 Å². The van der Waals surface area contributed by atoms with Crippen LogP contribution in [-0.4, -0.2) is 31.1 Å². The highest BCUT2D eigenvalue weighted by Gasteiger charge is 2.14. The summed E-state index contributed by atoms with van der Waals surface area (Å²) in [5.41, 5.74) is 1.94. The number of aryl methyl sites for hydroxylation is 1. The lowest BCUT2D eigenvalue weighted by Crippen LogP contribution is -2.15. The van der Waals surface area contributed by atoms with E-state index in [2.05, 4.69) is 15.0 Å². The van der Waals surface area contributed by atoms with Crippen molar-refractivity contribution in [2.75, 3.05) is 19.5 Å². The van der Waals surface area contributed by atoms with E-state index in [0.29, 0.717) is 11.4 Å². The molecule has 2 rings (SSSR count). The van der Waals surface area contributed by atoms with Gasteiger partial charge in [0.15, 0.2) is 0 Å². The number of esters is 1. The first kappa shape index (κ1) is 15.5. The Hall–Kier alpha value is -2.89. The molecular weight excluding hydrogens is 284 g/mol. The Balaban J connectivity index is 2.21. The minimum Gasteiger partial charge on any atom is -0.495 e. The maximum absolute atomic E-state index is 12.2. The molecule has 0 aliphatic carbocycles. The van der Waals surface area contributed by atoms with Crippen LogP contribution in [0.1, 0.15) is 26.4 Å². The van der Waals surface area contributed by atoms with Gasteiger partial charge in [0.2, 0.25) is 0 Å². The summed E-state index contributed by atoms with van der Waals surface area (Å²) in [7, 11) is 2.82. The number of hydrogen-bond donors (Lipinski definition) is 1. The Bertz CT molecular complexity index is 696. The molecule has 1 amide bonds. The van der Waals surface area contributed by atoms with Gasteiger partial charge in [-0.3, -0.25) is 9.78 Å². The Morgan fingerprint density at radius 1 is 1.14 bits per heavy atom. The normalized spacial score (nSPS) is 9.95. The highest BCUT2D eigenvalue weighted by atomic mass is 16.5. The van der Waals surface area contributed by atoms with Gasteiger partial charge in [-0.15, -0.1) is 0 Å². The second-order valence-electron chi connectivity index (χ2n) is 4.53. The number of pyridine rings is 1. The Labute approximate surface area is 128 Å². The molecule has 0 fully saturated rings. The average Bonchev–Trinajstić information content (AvgIpc) is 2.56. The summed E-state index contributed by atoms with van der Waals surface area (Å²) in [6.07, 6.45) is 1.30. The van der Waals surface area contributed by atoms with Gasteiger partial charge >= 0.3 is 5.97 Å². The fraction of sp³-hybridized carbons (Fsp3) is 0.188. The Morgan fingerprint density at radius 2 is 1.91 bits per heavy atom. The predicted molar refractivity (Wildman–Crippen MR) is 81.3 cm³/mol. The number of nitrogens with one attached hydrogen (secondary N) is 1. The molecule has 0 unspecified atom stereocenters. The van der Waals surface area contributed by atoms with Crippen molar-refractivity contribution in [2.24, 2.45) is 0 Å². The van der Waals surface area contributed by atoms with Gasteiger partial charge in [-0.2, -0.15) is 0 Å². The molecule has 1 N–H and O–H groups in total. The Kier molecular flexibility index (Phi) is 4.73. The summed E-state index contributed by atoms with van der Waals surface area (Å²) in [4.78, 5) is 27.5. The second-order valence-corrected chi connectivity index (χ2v) is 4.53. The van der Waals surface area contributed by atoms with Gasteiger partial charge < -0.3 is 14.8 Å². The molecule has 22 heavy (non-hydrogen) atoms. The molecule has 6 heteroatoms. The zero-order valence-electron chi connectivity index (χ0n) is 12.5. The van der Waals surface area contributed by atoms with E-state index in [-0.39, 0.29) is 17.2 Å². The first-order valence-electron chi connectivity index (χ1n) is 6.56. The van der Waals surface area contributed by atoms with Crippen molar-refractivity contribution in [3.8, 4) is 5.75 Å². The van der Waals surface area contributed by atoms with Gasteiger partial charge in [-0.05, 0) is 30.7 Å². The van der Waals surface area contributed by atoms with E-state index < -0.39 is 5.97 Å². The van der Waals surface area contributed by atoms with Crippen LogP contribution in [0.25, 0.3) is 0 Å². The number of hydrogen-bond acceptors (Lipinski definition) is 5. The van der Waals surface area contributed by atoms with Crippen molar-refractivity contribution in [3.63, 3.8) is 0 Å². The smallest absolute Gasteiger partial charge is 0.339 e. The summed E-state index contributed by atoms with van der Waals surface area (Å²) in [5.74, 6) is -0.316. The van der Waals surface area contributed by atoms with E-state index >= 15 is 0 Å². The van der Waals surface area contributed by atoms with E-state index in [4.69, 9.17) is 4.74 Å². The summed E-state index contributed by atoms with van der Waals surface area (Å²) in [5, 5.41) is 2.77. The lowest BCUT2D eigenvalue weighted by atomic mass is 10.1. The minimum atomic E-state index is -0.500. The van der Waals surface area contributed by atoms with E-state index in [9.17, 15) is 9.59 Å². The van der Waals surface area contributed by atoms with Gasteiger partial charge in [0.25, 0.3) is 5.91 Å². The van der Waals surface area contributed by atoms with Gasteiger partial charge in [0, 0.05) is 6.20 Å². The van der Waals surface area contributed by atoms with Crippen molar-refractivity contribution in [3.05, 3.63) is 53.3 Å². The molecule has 0 aliphatic heterocycles. The molecule has 1 aromatic carbocycles. The van der Waals surface area contributed by atoms with Gasteiger partial charge in [0.1, 0.15) is 11.4 Å². The highest BCUT2D eigenvalue weighted by molar-refractivity contribution is 6.04. The molecule has 1 aromatic heterocycles. The third-order valence-corrected chi connectivity index (χ3v) is 3.11. The average molecular weight is 300 g/mol. The van der Waals surface area contributed by atoms with Crippen molar-refractivity contribution in [1.29, 1.82) is 0 Å². The third-order valence-electron chi connectivity index (χ3n) is 3.11. The zero-order chi connectivity index (χ0) is 16.1. The predicted octanol–water partition coefficient (Wildman–Crippen LogP) is 2.44. The third kappa shape index (κ3) is 3.22. The number of ether oxygens (including phenoxy) is 2. The lowest BCUT2D eigenvalue weighted by molar-refractivity contribution is 0.0600. The van der Waals surface area contributed by atoms with Crippen molar-refractivity contribution in [2.45, 2.75) is 6.92 Å². The molecule has 0 bridgehead atoms. The fourth-order valence-electron chi connectivity index (χ4n) is 1.92. The molecule has 0 spiro atoms. The second kappa shape index (κ2) is 6.71. The zero-order valence-corrected chi connectivity index (χ0v) is 12.5. The summed E-state index contributed by atoms with van der Waals surface area (Å²) < 4.78 is 9.81. The van der Waals surface area contributed by atoms with E-state index in [1.54, 1.807) is 6.07 Å². The maximum Gasteiger partial charge on any atom is 0.339 e. The van der Waals surface area contributed by atoms with Gasteiger partial charge in [-0.1, -0.05) is 12.1 Å². The number of benzene rings is 1. The molecule has 1 heterocycles. The molecule has 0 atom stereocenters. The van der Waals surface area contributed by atoms with Crippen LogP contribution in [0, 0.1) is 6.92 Å². The van der Waals surface area contributed by atoms with Crippen LogP contribution < -0.4 is 10.1 Å². The number of para-hydroxylation sites is 1. The van der Waals surface area contributed by atoms with Crippen LogP contribution in [0.2, 0.25) is 0 Å². The first-order valence-corrected chi connectivity index (χ1v) is 6.56. The number of carbonyl (C=O) groups is 2. The first-order chi connectivity index (χ1) is 10.6. The topological polar surface area (TPSA) is 77.5 Å². The van der Waals surface area contributed by atoms with Crippen LogP contribution in [-0.2, 0) is 4.74 Å². The van der Waals surface area contributed by atoms with Gasteiger partial charge in [-0.25, -0.2) is 4.79 Å². The number of nitrogens with zero attached hydrogens (tertiary/aromatic N) is 1. The molecule has 0 saturated heterocycles. The Morgan fingerprint density at radius 3 is 2.50 bits per heavy atom. The van der Waals surface area contributed by atoms with Crippen LogP contribution in [0.5, 0.6) is 5.75 Å². The monoisotopic (exact) mass is 300 g/mol.